The first kappa shape index (κ1) is 18.6. The Balaban J connectivity index is 0.00000121. The summed E-state index contributed by atoms with van der Waals surface area (Å²) in [6, 6.07) is 1.79. The summed E-state index contributed by atoms with van der Waals surface area (Å²) < 4.78 is 10.3. The number of aromatic nitrogens is 2. The zero-order chi connectivity index (χ0) is 14.2. The monoisotopic (exact) mass is 348 g/mol. The Hall–Kier alpha value is -1.41. The van der Waals surface area contributed by atoms with Gasteiger partial charge in [-0.25, -0.2) is 4.98 Å². The number of halogens is 2. The number of carbonyl (C=O) groups excluding carboxylic acids is 1. The van der Waals surface area contributed by atoms with Gasteiger partial charge in [0.25, 0.3) is 5.71 Å². The summed E-state index contributed by atoms with van der Waals surface area (Å²) in [5.74, 6) is -0.212. The average molecular weight is 349 g/mol. The third-order valence-corrected chi connectivity index (χ3v) is 3.61. The van der Waals surface area contributed by atoms with Crippen molar-refractivity contribution in [2.24, 2.45) is 5.73 Å². The van der Waals surface area contributed by atoms with Crippen molar-refractivity contribution in [1.82, 2.24) is 10.1 Å². The van der Waals surface area contributed by atoms with E-state index >= 15 is 0 Å². The van der Waals surface area contributed by atoms with Gasteiger partial charge < -0.3 is 20.3 Å². The third-order valence-electron chi connectivity index (χ3n) is 3.61. The summed E-state index contributed by atoms with van der Waals surface area (Å²) in [7, 11) is 0. The van der Waals surface area contributed by atoms with Crippen LogP contribution in [0.4, 0.5) is 5.69 Å². The summed E-state index contributed by atoms with van der Waals surface area (Å²) in [6.07, 6.45) is 2.56. The van der Waals surface area contributed by atoms with Crippen molar-refractivity contribution < 1.29 is 14.1 Å². The van der Waals surface area contributed by atoms with Crippen LogP contribution in [0.15, 0.2) is 16.8 Å². The maximum absolute atomic E-state index is 12.3. The minimum atomic E-state index is -0.878. The number of carbonyl (C=O) groups is 1. The van der Waals surface area contributed by atoms with Crippen molar-refractivity contribution in [3.8, 4) is 0 Å². The molecule has 7 nitrogen and oxygen atoms in total. The number of nitrogens with zero attached hydrogens (tertiary/aromatic N) is 2. The van der Waals surface area contributed by atoms with Crippen LogP contribution in [0.2, 0.25) is 0 Å². The normalized spacial score (nSPS) is 16.5. The van der Waals surface area contributed by atoms with E-state index in [1.807, 2.05) is 6.92 Å². The highest BCUT2D eigenvalue weighted by Crippen LogP contribution is 2.23. The number of nitrogens with two attached hydrogens (primary N) is 1. The van der Waals surface area contributed by atoms with Crippen molar-refractivity contribution >= 4 is 47.5 Å². The molecule has 3 heterocycles. The molecule has 1 saturated heterocycles. The third kappa shape index (κ3) is 3.49. The second kappa shape index (κ2) is 7.23. The molecule has 1 aliphatic heterocycles. The van der Waals surface area contributed by atoms with Crippen molar-refractivity contribution in [1.29, 1.82) is 0 Å². The van der Waals surface area contributed by atoms with Crippen LogP contribution in [0.25, 0.3) is 11.1 Å². The molecule has 0 bridgehead atoms. The van der Waals surface area contributed by atoms with Gasteiger partial charge in [-0.2, -0.15) is 0 Å². The van der Waals surface area contributed by atoms with Gasteiger partial charge in [0.2, 0.25) is 5.91 Å². The summed E-state index contributed by atoms with van der Waals surface area (Å²) in [5, 5.41) is 7.42. The van der Waals surface area contributed by atoms with E-state index in [4.69, 9.17) is 15.0 Å². The van der Waals surface area contributed by atoms with Gasteiger partial charge in [0.05, 0.1) is 23.0 Å². The molecule has 1 aliphatic rings. The molecule has 0 aromatic carbocycles. The minimum Gasteiger partial charge on any atom is -0.381 e. The van der Waals surface area contributed by atoms with Gasteiger partial charge in [0.15, 0.2) is 0 Å². The van der Waals surface area contributed by atoms with Crippen molar-refractivity contribution in [3.63, 3.8) is 0 Å². The molecule has 0 spiro atoms. The molecule has 9 heteroatoms. The van der Waals surface area contributed by atoms with Gasteiger partial charge in [0, 0.05) is 13.2 Å². The number of rotatable bonds is 2. The number of hydrogen-bond acceptors (Lipinski definition) is 6. The van der Waals surface area contributed by atoms with Gasteiger partial charge >= 0.3 is 0 Å². The van der Waals surface area contributed by atoms with Crippen LogP contribution in [0.5, 0.6) is 0 Å². The Morgan fingerprint density at radius 1 is 1.36 bits per heavy atom. The van der Waals surface area contributed by atoms with Crippen LogP contribution in [0, 0.1) is 6.92 Å². The van der Waals surface area contributed by atoms with Gasteiger partial charge in [-0.3, -0.25) is 4.79 Å². The fraction of sp³-hybridized carbons (Fsp3) is 0.462. The molecule has 0 radical (unpaired) electrons. The summed E-state index contributed by atoms with van der Waals surface area (Å²) in [6.45, 7) is 2.83. The lowest BCUT2D eigenvalue weighted by Crippen LogP contribution is -2.54. The average Bonchev–Trinajstić information content (AvgIpc) is 2.81. The van der Waals surface area contributed by atoms with E-state index in [-0.39, 0.29) is 30.7 Å². The molecule has 122 valence electrons. The SMILES string of the molecule is Cc1noc2ncc(NC(=O)C3(N)CCOCC3)cc12.Cl.Cl. The maximum atomic E-state index is 12.3. The molecule has 0 atom stereocenters. The Labute approximate surface area is 139 Å². The number of hydrogen-bond donors (Lipinski definition) is 2. The summed E-state index contributed by atoms with van der Waals surface area (Å²) >= 11 is 0. The Kier molecular flexibility index (Phi) is 6.13. The van der Waals surface area contributed by atoms with E-state index in [0.29, 0.717) is 37.5 Å². The second-order valence-electron chi connectivity index (χ2n) is 5.07. The zero-order valence-corrected chi connectivity index (χ0v) is 13.6. The Morgan fingerprint density at radius 3 is 2.73 bits per heavy atom. The standard InChI is InChI=1S/C13H16N4O3.2ClH/c1-8-10-6-9(7-15-11(10)20-17-8)16-12(18)13(14)2-4-19-5-3-13;;/h6-7H,2-5,14H2,1H3,(H,16,18);2*1H. The lowest BCUT2D eigenvalue weighted by atomic mass is 9.90. The molecule has 2 aromatic rings. The van der Waals surface area contributed by atoms with Crippen LogP contribution in [-0.2, 0) is 9.53 Å². The molecule has 0 unspecified atom stereocenters. The fourth-order valence-corrected chi connectivity index (χ4v) is 2.23. The first-order valence-electron chi connectivity index (χ1n) is 6.49. The van der Waals surface area contributed by atoms with E-state index in [1.165, 1.54) is 6.20 Å². The van der Waals surface area contributed by atoms with Crippen molar-refractivity contribution in [2.45, 2.75) is 25.3 Å². The predicted molar refractivity (Wildman–Crippen MR) is 86.6 cm³/mol. The number of fused-ring (bicyclic) bond motifs is 1. The van der Waals surface area contributed by atoms with Crippen molar-refractivity contribution in [2.75, 3.05) is 18.5 Å². The highest BCUT2D eigenvalue weighted by molar-refractivity contribution is 5.99. The topological polar surface area (TPSA) is 103 Å². The molecule has 1 amide bonds. The number of pyridine rings is 1. The zero-order valence-electron chi connectivity index (χ0n) is 12.0. The lowest BCUT2D eigenvalue weighted by Gasteiger charge is -2.31. The van der Waals surface area contributed by atoms with Gasteiger partial charge in [0.1, 0.15) is 5.54 Å². The molecule has 0 aliphatic carbocycles. The molecule has 22 heavy (non-hydrogen) atoms. The van der Waals surface area contributed by atoms with Crippen LogP contribution in [0.1, 0.15) is 18.5 Å². The number of anilines is 1. The molecule has 0 saturated carbocycles. The number of aryl methyl sites for hydroxylation is 1. The number of ether oxygens (including phenoxy) is 1. The lowest BCUT2D eigenvalue weighted by molar-refractivity contribution is -0.124. The molecule has 2 aromatic heterocycles. The van der Waals surface area contributed by atoms with Crippen LogP contribution in [0.3, 0.4) is 0 Å². The molecular formula is C13H18Cl2N4O3. The smallest absolute Gasteiger partial charge is 0.258 e. The highest BCUT2D eigenvalue weighted by atomic mass is 35.5. The van der Waals surface area contributed by atoms with Gasteiger partial charge in [-0.1, -0.05) is 5.16 Å². The second-order valence-corrected chi connectivity index (χ2v) is 5.07. The molecule has 3 N–H and O–H groups in total. The number of nitrogens with one attached hydrogen (secondary N) is 1. The maximum Gasteiger partial charge on any atom is 0.258 e. The molecular weight excluding hydrogens is 331 g/mol. The van der Waals surface area contributed by atoms with Crippen LogP contribution < -0.4 is 11.1 Å². The molecule has 1 fully saturated rings. The van der Waals surface area contributed by atoms with E-state index in [9.17, 15) is 4.79 Å². The van der Waals surface area contributed by atoms with Crippen molar-refractivity contribution in [3.05, 3.63) is 18.0 Å². The van der Waals surface area contributed by atoms with E-state index in [2.05, 4.69) is 15.5 Å². The highest BCUT2D eigenvalue weighted by Gasteiger charge is 2.36. The first-order chi connectivity index (χ1) is 9.58. The largest absolute Gasteiger partial charge is 0.381 e. The fourth-order valence-electron chi connectivity index (χ4n) is 2.23. The first-order valence-corrected chi connectivity index (χ1v) is 6.49. The van der Waals surface area contributed by atoms with E-state index in [0.717, 1.165) is 11.1 Å². The van der Waals surface area contributed by atoms with E-state index in [1.54, 1.807) is 6.07 Å². The quantitative estimate of drug-likeness (QED) is 0.857. The van der Waals surface area contributed by atoms with Gasteiger partial charge in [-0.15, -0.1) is 24.8 Å². The van der Waals surface area contributed by atoms with Gasteiger partial charge in [-0.05, 0) is 25.8 Å². The van der Waals surface area contributed by atoms with Crippen LogP contribution in [-0.4, -0.2) is 34.8 Å². The minimum absolute atomic E-state index is 0. The van der Waals surface area contributed by atoms with Crippen LogP contribution >= 0.6 is 24.8 Å². The van der Waals surface area contributed by atoms with E-state index < -0.39 is 5.54 Å². The Morgan fingerprint density at radius 2 is 2.05 bits per heavy atom. The summed E-state index contributed by atoms with van der Waals surface area (Å²) in [5.41, 5.74) is 7.03. The predicted octanol–water partition coefficient (Wildman–Crippen LogP) is 1.82. The summed E-state index contributed by atoms with van der Waals surface area (Å²) in [4.78, 5) is 16.4. The Bertz CT molecular complexity index is 656. The number of amides is 1. The molecule has 3 rings (SSSR count).